The maximum absolute atomic E-state index is 14.3. The number of nitrogens with zero attached hydrogens (tertiary/aromatic N) is 1. The number of fused-ring (bicyclic) bond motifs is 1. The molecular weight excluding hydrogens is 331 g/mol. The van der Waals surface area contributed by atoms with E-state index < -0.39 is 5.41 Å². The van der Waals surface area contributed by atoms with Gasteiger partial charge in [-0.05, 0) is 42.7 Å². The van der Waals surface area contributed by atoms with Gasteiger partial charge in [0.05, 0.1) is 5.69 Å². The molecule has 0 atom stereocenters. The second kappa shape index (κ2) is 6.90. The molecule has 1 N–H and O–H groups in total. The lowest BCUT2D eigenvalue weighted by atomic mass is 9.95. The molecule has 5 heteroatoms. The van der Waals surface area contributed by atoms with Crippen LogP contribution in [0.2, 0.25) is 0 Å². The lowest BCUT2D eigenvalue weighted by Crippen LogP contribution is -2.36. The molecule has 3 rings (SSSR count). The first-order chi connectivity index (χ1) is 12.3. The Hall–Kier alpha value is -2.69. The minimum absolute atomic E-state index is 0.128. The molecule has 2 aromatic carbocycles. The third-order valence-electron chi connectivity index (χ3n) is 4.46. The SMILES string of the molecule is CC(C)(C)C(=O)Nc1cccc(C(=O)N2CCCc3cccc(F)c32)c1. The predicted molar refractivity (Wildman–Crippen MR) is 101 cm³/mol. The van der Waals surface area contributed by atoms with Crippen LogP contribution >= 0.6 is 0 Å². The molecule has 0 spiro atoms. The number of carbonyl (C=O) groups is 2. The first-order valence-electron chi connectivity index (χ1n) is 8.78. The number of amides is 2. The summed E-state index contributed by atoms with van der Waals surface area (Å²) in [6.07, 6.45) is 1.56. The first kappa shape index (κ1) is 18.1. The van der Waals surface area contributed by atoms with E-state index in [0.29, 0.717) is 23.5 Å². The average Bonchev–Trinajstić information content (AvgIpc) is 2.60. The highest BCUT2D eigenvalue weighted by Gasteiger charge is 2.27. The Kier molecular flexibility index (Phi) is 4.81. The number of hydrogen-bond donors (Lipinski definition) is 1. The van der Waals surface area contributed by atoms with Crippen molar-refractivity contribution in [2.45, 2.75) is 33.6 Å². The monoisotopic (exact) mass is 354 g/mol. The largest absolute Gasteiger partial charge is 0.326 e. The van der Waals surface area contributed by atoms with E-state index in [4.69, 9.17) is 0 Å². The molecular formula is C21H23FN2O2. The zero-order valence-corrected chi connectivity index (χ0v) is 15.3. The van der Waals surface area contributed by atoms with Crippen molar-refractivity contribution in [2.24, 2.45) is 5.41 Å². The second-order valence-electron chi connectivity index (χ2n) is 7.59. The van der Waals surface area contributed by atoms with Gasteiger partial charge in [-0.3, -0.25) is 9.59 Å². The van der Waals surface area contributed by atoms with Gasteiger partial charge in [-0.1, -0.05) is 39.0 Å². The summed E-state index contributed by atoms with van der Waals surface area (Å²) in [5.41, 5.74) is 1.67. The molecule has 4 nitrogen and oxygen atoms in total. The van der Waals surface area contributed by atoms with Gasteiger partial charge in [0.1, 0.15) is 5.82 Å². The number of anilines is 2. The summed E-state index contributed by atoms with van der Waals surface area (Å²) in [4.78, 5) is 26.7. The van der Waals surface area contributed by atoms with Gasteiger partial charge in [-0.2, -0.15) is 0 Å². The molecule has 0 aromatic heterocycles. The maximum atomic E-state index is 14.3. The highest BCUT2D eigenvalue weighted by molar-refractivity contribution is 6.07. The third kappa shape index (κ3) is 3.62. The minimum atomic E-state index is -0.533. The van der Waals surface area contributed by atoms with Crippen LogP contribution in [0, 0.1) is 11.2 Å². The Bertz CT molecular complexity index is 855. The third-order valence-corrected chi connectivity index (χ3v) is 4.46. The summed E-state index contributed by atoms with van der Waals surface area (Å²) in [6.45, 7) is 5.95. The van der Waals surface area contributed by atoms with Crippen molar-refractivity contribution < 1.29 is 14.0 Å². The number of carbonyl (C=O) groups excluding carboxylic acids is 2. The molecule has 0 fully saturated rings. The van der Waals surface area contributed by atoms with Crippen molar-refractivity contribution in [2.75, 3.05) is 16.8 Å². The van der Waals surface area contributed by atoms with Crippen LogP contribution in [-0.2, 0) is 11.2 Å². The van der Waals surface area contributed by atoms with E-state index in [-0.39, 0.29) is 17.6 Å². The number of para-hydroxylation sites is 1. The van der Waals surface area contributed by atoms with Crippen molar-refractivity contribution >= 4 is 23.2 Å². The van der Waals surface area contributed by atoms with Crippen LogP contribution in [0.3, 0.4) is 0 Å². The van der Waals surface area contributed by atoms with Crippen LogP contribution in [0.4, 0.5) is 15.8 Å². The van der Waals surface area contributed by atoms with E-state index in [1.807, 2.05) is 26.8 Å². The van der Waals surface area contributed by atoms with Gasteiger partial charge >= 0.3 is 0 Å². The van der Waals surface area contributed by atoms with Crippen molar-refractivity contribution in [3.05, 3.63) is 59.4 Å². The number of halogens is 1. The van der Waals surface area contributed by atoms with Crippen LogP contribution in [0.5, 0.6) is 0 Å². The van der Waals surface area contributed by atoms with Gasteiger partial charge in [0.15, 0.2) is 0 Å². The fraction of sp³-hybridized carbons (Fsp3) is 0.333. The quantitative estimate of drug-likeness (QED) is 0.869. The van der Waals surface area contributed by atoms with Crippen LogP contribution in [0.1, 0.15) is 43.1 Å². The number of rotatable bonds is 2. The lowest BCUT2D eigenvalue weighted by molar-refractivity contribution is -0.123. The molecule has 0 saturated heterocycles. The summed E-state index contributed by atoms with van der Waals surface area (Å²) in [7, 11) is 0. The topological polar surface area (TPSA) is 49.4 Å². The first-order valence-corrected chi connectivity index (χ1v) is 8.78. The van der Waals surface area contributed by atoms with Crippen molar-refractivity contribution in [3.63, 3.8) is 0 Å². The summed E-state index contributed by atoms with van der Waals surface area (Å²) < 4.78 is 14.3. The molecule has 136 valence electrons. The summed E-state index contributed by atoms with van der Waals surface area (Å²) >= 11 is 0. The van der Waals surface area contributed by atoms with Gasteiger partial charge in [-0.15, -0.1) is 0 Å². The Morgan fingerprint density at radius 3 is 2.58 bits per heavy atom. The molecule has 0 radical (unpaired) electrons. The molecule has 0 bridgehead atoms. The van der Waals surface area contributed by atoms with Crippen LogP contribution in [0.15, 0.2) is 42.5 Å². The molecule has 1 aliphatic rings. The predicted octanol–water partition coefficient (Wildman–Crippen LogP) is 4.40. The maximum Gasteiger partial charge on any atom is 0.258 e. The number of nitrogens with one attached hydrogen (secondary N) is 1. The number of benzene rings is 2. The molecule has 2 amide bonds. The van der Waals surface area contributed by atoms with Crippen LogP contribution < -0.4 is 10.2 Å². The minimum Gasteiger partial charge on any atom is -0.326 e. The van der Waals surface area contributed by atoms with E-state index in [0.717, 1.165) is 18.4 Å². The zero-order valence-electron chi connectivity index (χ0n) is 15.3. The summed E-state index contributed by atoms with van der Waals surface area (Å²) in [5, 5.41) is 2.83. The van der Waals surface area contributed by atoms with Gasteiger partial charge in [0.25, 0.3) is 5.91 Å². The highest BCUT2D eigenvalue weighted by Crippen LogP contribution is 2.31. The van der Waals surface area contributed by atoms with E-state index in [9.17, 15) is 14.0 Å². The molecule has 1 aliphatic heterocycles. The summed E-state index contributed by atoms with van der Waals surface area (Å²) in [6, 6.07) is 11.7. The fourth-order valence-corrected chi connectivity index (χ4v) is 3.01. The van der Waals surface area contributed by atoms with Crippen LogP contribution in [-0.4, -0.2) is 18.4 Å². The number of hydrogen-bond acceptors (Lipinski definition) is 2. The Balaban J connectivity index is 1.88. The lowest BCUT2D eigenvalue weighted by Gasteiger charge is -2.30. The van der Waals surface area contributed by atoms with Crippen molar-refractivity contribution in [1.29, 1.82) is 0 Å². The highest BCUT2D eigenvalue weighted by atomic mass is 19.1. The molecule has 0 unspecified atom stereocenters. The zero-order chi connectivity index (χ0) is 18.9. The van der Waals surface area contributed by atoms with Gasteiger partial charge in [-0.25, -0.2) is 4.39 Å². The van der Waals surface area contributed by atoms with E-state index in [2.05, 4.69) is 5.32 Å². The molecule has 26 heavy (non-hydrogen) atoms. The van der Waals surface area contributed by atoms with E-state index >= 15 is 0 Å². The summed E-state index contributed by atoms with van der Waals surface area (Å²) in [5.74, 6) is -0.771. The van der Waals surface area contributed by atoms with Gasteiger partial charge in [0.2, 0.25) is 5.91 Å². The second-order valence-corrected chi connectivity index (χ2v) is 7.59. The van der Waals surface area contributed by atoms with Crippen LogP contribution in [0.25, 0.3) is 0 Å². The smallest absolute Gasteiger partial charge is 0.258 e. The van der Waals surface area contributed by atoms with E-state index in [1.165, 1.54) is 11.0 Å². The Morgan fingerprint density at radius 1 is 1.12 bits per heavy atom. The van der Waals surface area contributed by atoms with Gasteiger partial charge in [0, 0.05) is 23.2 Å². The Morgan fingerprint density at radius 2 is 1.85 bits per heavy atom. The van der Waals surface area contributed by atoms with Crippen molar-refractivity contribution in [1.82, 2.24) is 0 Å². The molecule has 2 aromatic rings. The number of aryl methyl sites for hydroxylation is 1. The standard InChI is InChI=1S/C21H23FN2O2/c1-21(2,3)20(26)23-16-10-4-8-15(13-16)19(25)24-12-6-9-14-7-5-11-17(22)18(14)24/h4-5,7-8,10-11,13H,6,9,12H2,1-3H3,(H,23,26). The average molecular weight is 354 g/mol. The Labute approximate surface area is 153 Å². The normalized spacial score (nSPS) is 13.9. The molecule has 1 heterocycles. The molecule has 0 aliphatic carbocycles. The van der Waals surface area contributed by atoms with Gasteiger partial charge < -0.3 is 10.2 Å². The van der Waals surface area contributed by atoms with Crippen molar-refractivity contribution in [3.8, 4) is 0 Å². The molecule has 0 saturated carbocycles. The fourth-order valence-electron chi connectivity index (χ4n) is 3.01. The van der Waals surface area contributed by atoms with E-state index in [1.54, 1.807) is 30.3 Å².